The number of carbonyl (C=O) groups is 1. The van der Waals surface area contributed by atoms with Crippen molar-refractivity contribution in [1.82, 2.24) is 15.5 Å². The van der Waals surface area contributed by atoms with Gasteiger partial charge in [-0.2, -0.15) is 0 Å². The average Bonchev–Trinajstić information content (AvgIpc) is 3.20. The topological polar surface area (TPSA) is 66.0 Å². The van der Waals surface area contributed by atoms with Crippen LogP contribution in [-0.4, -0.2) is 37.0 Å². The number of amides is 1. The second kappa shape index (κ2) is 11.6. The van der Waals surface area contributed by atoms with E-state index in [2.05, 4.69) is 60.7 Å². The Morgan fingerprint density at radius 3 is 2.44 bits per heavy atom. The Morgan fingerprint density at radius 2 is 1.81 bits per heavy atom. The van der Waals surface area contributed by atoms with Gasteiger partial charge in [0.1, 0.15) is 5.75 Å². The summed E-state index contributed by atoms with van der Waals surface area (Å²) in [6.45, 7) is 9.28. The minimum atomic E-state index is 0.0952. The predicted octanol–water partition coefficient (Wildman–Crippen LogP) is 4.27. The summed E-state index contributed by atoms with van der Waals surface area (Å²) in [4.78, 5) is 18.4. The van der Waals surface area contributed by atoms with Gasteiger partial charge in [0.25, 0.3) is 0 Å². The molecule has 1 atom stereocenters. The second-order valence-electron chi connectivity index (χ2n) is 8.75. The predicted molar refractivity (Wildman–Crippen MR) is 130 cm³/mol. The number of rotatable bonds is 9. The van der Waals surface area contributed by atoms with Crippen LogP contribution >= 0.6 is 0 Å². The number of benzene rings is 2. The van der Waals surface area contributed by atoms with Crippen molar-refractivity contribution in [2.75, 3.05) is 20.2 Å². The van der Waals surface area contributed by atoms with Crippen LogP contribution in [0.15, 0.2) is 53.5 Å². The first kappa shape index (κ1) is 23.6. The number of hydrogen-bond donors (Lipinski definition) is 2. The van der Waals surface area contributed by atoms with Crippen LogP contribution in [0.25, 0.3) is 0 Å². The molecule has 0 saturated carbocycles. The highest BCUT2D eigenvalue weighted by Gasteiger charge is 2.21. The zero-order valence-electron chi connectivity index (χ0n) is 19.7. The lowest BCUT2D eigenvalue weighted by Gasteiger charge is -2.21. The van der Waals surface area contributed by atoms with Crippen molar-refractivity contribution in [3.05, 3.63) is 65.2 Å². The molecule has 6 nitrogen and oxygen atoms in total. The number of likely N-dealkylation sites (tertiary alicyclic amines) is 1. The number of aliphatic imine (C=N–C) groups is 1. The molecular formula is C26H36N4O2. The van der Waals surface area contributed by atoms with Gasteiger partial charge in [-0.25, -0.2) is 0 Å². The van der Waals surface area contributed by atoms with E-state index in [1.54, 1.807) is 7.05 Å². The monoisotopic (exact) mass is 436 g/mol. The molecule has 1 unspecified atom stereocenters. The van der Waals surface area contributed by atoms with Crippen LogP contribution in [0.1, 0.15) is 56.3 Å². The van der Waals surface area contributed by atoms with E-state index < -0.39 is 0 Å². The smallest absolute Gasteiger partial charge is 0.222 e. The van der Waals surface area contributed by atoms with Crippen LogP contribution < -0.4 is 15.4 Å². The van der Waals surface area contributed by atoms with Crippen LogP contribution in [0.3, 0.4) is 0 Å². The third-order valence-corrected chi connectivity index (χ3v) is 5.64. The number of nitrogens with zero attached hydrogens (tertiary/aromatic N) is 2. The maximum atomic E-state index is 12.0. The van der Waals surface area contributed by atoms with Gasteiger partial charge in [0.05, 0.1) is 12.6 Å². The van der Waals surface area contributed by atoms with Crippen LogP contribution in [0.5, 0.6) is 5.75 Å². The van der Waals surface area contributed by atoms with E-state index in [1.807, 2.05) is 29.2 Å². The van der Waals surface area contributed by atoms with E-state index in [1.165, 1.54) is 11.1 Å². The Bertz CT molecular complexity index is 908. The highest BCUT2D eigenvalue weighted by molar-refractivity contribution is 5.80. The number of guanidine groups is 1. The second-order valence-corrected chi connectivity index (χ2v) is 8.75. The van der Waals surface area contributed by atoms with Gasteiger partial charge in [0.2, 0.25) is 5.91 Å². The summed E-state index contributed by atoms with van der Waals surface area (Å²) in [5, 5.41) is 6.87. The molecule has 1 heterocycles. The van der Waals surface area contributed by atoms with E-state index in [-0.39, 0.29) is 11.9 Å². The van der Waals surface area contributed by atoms with E-state index in [9.17, 15) is 4.79 Å². The molecule has 2 aromatic rings. The maximum absolute atomic E-state index is 12.0. The lowest BCUT2D eigenvalue weighted by Crippen LogP contribution is -2.38. The molecule has 6 heteroatoms. The fourth-order valence-corrected chi connectivity index (χ4v) is 3.74. The molecule has 1 amide bonds. The molecule has 1 aliphatic heterocycles. The van der Waals surface area contributed by atoms with E-state index in [0.717, 1.165) is 36.8 Å². The summed E-state index contributed by atoms with van der Waals surface area (Å²) in [5.74, 6) is 2.39. The molecule has 172 valence electrons. The number of nitrogens with one attached hydrogen (secondary N) is 2. The maximum Gasteiger partial charge on any atom is 0.222 e. The van der Waals surface area contributed by atoms with Gasteiger partial charge in [-0.1, -0.05) is 50.2 Å². The van der Waals surface area contributed by atoms with Gasteiger partial charge < -0.3 is 20.3 Å². The van der Waals surface area contributed by atoms with Crippen LogP contribution in [-0.2, 0) is 17.9 Å². The Balaban J connectivity index is 1.55. The minimum Gasteiger partial charge on any atom is -0.493 e. The van der Waals surface area contributed by atoms with Crippen molar-refractivity contribution >= 4 is 11.9 Å². The molecule has 2 aromatic carbocycles. The average molecular weight is 437 g/mol. The van der Waals surface area contributed by atoms with E-state index in [4.69, 9.17) is 4.74 Å². The SMILES string of the molecule is CN=C(NCc1ccccc1CN1CCCC1=O)NC(C)c1ccc(OCC(C)C)cc1. The highest BCUT2D eigenvalue weighted by atomic mass is 16.5. The first-order valence-electron chi connectivity index (χ1n) is 11.5. The Kier molecular flexibility index (Phi) is 8.54. The van der Waals surface area contributed by atoms with Crippen molar-refractivity contribution in [2.45, 2.75) is 52.7 Å². The van der Waals surface area contributed by atoms with Crippen LogP contribution in [0.4, 0.5) is 0 Å². The molecule has 3 rings (SSSR count). The lowest BCUT2D eigenvalue weighted by molar-refractivity contribution is -0.128. The third kappa shape index (κ3) is 6.74. The summed E-state index contributed by atoms with van der Waals surface area (Å²) in [5.41, 5.74) is 3.52. The standard InChI is InChI=1S/C26H36N4O2/c1-19(2)18-32-24-13-11-21(12-14-24)20(3)29-26(27-4)28-16-22-8-5-6-9-23(22)17-30-15-7-10-25(30)31/h5-6,8-9,11-14,19-20H,7,10,15-18H2,1-4H3,(H2,27,28,29). The van der Waals surface area contributed by atoms with Crippen molar-refractivity contribution in [1.29, 1.82) is 0 Å². The zero-order valence-corrected chi connectivity index (χ0v) is 19.7. The van der Waals surface area contributed by atoms with Crippen molar-refractivity contribution in [3.8, 4) is 5.75 Å². The van der Waals surface area contributed by atoms with Crippen LogP contribution in [0, 0.1) is 5.92 Å². The number of ether oxygens (including phenoxy) is 1. The van der Waals surface area contributed by atoms with Gasteiger partial charge in [0.15, 0.2) is 5.96 Å². The van der Waals surface area contributed by atoms with Crippen LogP contribution in [0.2, 0.25) is 0 Å². The quantitative estimate of drug-likeness (QED) is 0.455. The Labute approximate surface area is 192 Å². The molecule has 0 radical (unpaired) electrons. The van der Waals surface area contributed by atoms with Crippen molar-refractivity contribution < 1.29 is 9.53 Å². The van der Waals surface area contributed by atoms with Crippen molar-refractivity contribution in [3.63, 3.8) is 0 Å². The minimum absolute atomic E-state index is 0.0952. The van der Waals surface area contributed by atoms with Gasteiger partial charge in [0, 0.05) is 33.1 Å². The molecule has 0 bridgehead atoms. The van der Waals surface area contributed by atoms with E-state index >= 15 is 0 Å². The summed E-state index contributed by atoms with van der Waals surface area (Å²) in [6, 6.07) is 16.6. The summed E-state index contributed by atoms with van der Waals surface area (Å²) in [7, 11) is 1.78. The summed E-state index contributed by atoms with van der Waals surface area (Å²) < 4.78 is 5.78. The van der Waals surface area contributed by atoms with Crippen molar-refractivity contribution in [2.24, 2.45) is 10.9 Å². The summed E-state index contributed by atoms with van der Waals surface area (Å²) >= 11 is 0. The van der Waals surface area contributed by atoms with Gasteiger partial charge in [-0.05, 0) is 48.1 Å². The fraction of sp³-hybridized carbons (Fsp3) is 0.462. The molecule has 2 N–H and O–H groups in total. The normalized spacial score (nSPS) is 15.2. The third-order valence-electron chi connectivity index (χ3n) is 5.64. The molecular weight excluding hydrogens is 400 g/mol. The molecule has 0 aromatic heterocycles. The number of hydrogen-bond acceptors (Lipinski definition) is 3. The van der Waals surface area contributed by atoms with Gasteiger partial charge in [-0.3, -0.25) is 9.79 Å². The highest BCUT2D eigenvalue weighted by Crippen LogP contribution is 2.19. The largest absolute Gasteiger partial charge is 0.493 e. The number of carbonyl (C=O) groups excluding carboxylic acids is 1. The first-order valence-corrected chi connectivity index (χ1v) is 11.5. The first-order chi connectivity index (χ1) is 15.5. The molecule has 32 heavy (non-hydrogen) atoms. The Hall–Kier alpha value is -3.02. The summed E-state index contributed by atoms with van der Waals surface area (Å²) in [6.07, 6.45) is 1.62. The molecule has 0 spiro atoms. The fourth-order valence-electron chi connectivity index (χ4n) is 3.74. The molecule has 0 aliphatic carbocycles. The molecule has 1 fully saturated rings. The Morgan fingerprint density at radius 1 is 1.09 bits per heavy atom. The zero-order chi connectivity index (χ0) is 22.9. The molecule has 1 saturated heterocycles. The van der Waals surface area contributed by atoms with Gasteiger partial charge in [-0.15, -0.1) is 0 Å². The van der Waals surface area contributed by atoms with Gasteiger partial charge >= 0.3 is 0 Å². The van der Waals surface area contributed by atoms with E-state index in [0.29, 0.717) is 25.4 Å². The lowest BCUT2D eigenvalue weighted by atomic mass is 10.1. The molecule has 1 aliphatic rings.